The van der Waals surface area contributed by atoms with E-state index >= 15 is 0 Å². The fourth-order valence-corrected chi connectivity index (χ4v) is 1.40. The highest BCUT2D eigenvalue weighted by Gasteiger charge is 2.00. The van der Waals surface area contributed by atoms with E-state index in [2.05, 4.69) is 6.07 Å². The number of hydrogen-bond donors (Lipinski definition) is 0. The predicted molar refractivity (Wildman–Crippen MR) is 61.8 cm³/mol. The fraction of sp³-hybridized carbons (Fsp3) is 0. The van der Waals surface area contributed by atoms with Gasteiger partial charge in [0.2, 0.25) is 0 Å². The summed E-state index contributed by atoms with van der Waals surface area (Å²) in [4.78, 5) is 0. The first kappa shape index (κ1) is 10.3. The van der Waals surface area contributed by atoms with E-state index in [0.717, 1.165) is 5.75 Å². The van der Waals surface area contributed by atoms with Crippen LogP contribution in [0, 0.1) is 6.07 Å². The van der Waals surface area contributed by atoms with Gasteiger partial charge in [0.1, 0.15) is 11.5 Å². The highest BCUT2D eigenvalue weighted by molar-refractivity contribution is 6.42. The molecule has 0 amide bonds. The minimum absolute atomic E-state index is 0.483. The summed E-state index contributed by atoms with van der Waals surface area (Å²) in [6.07, 6.45) is 0. The predicted octanol–water partition coefficient (Wildman–Crippen LogP) is 4.59. The van der Waals surface area contributed by atoms with Crippen LogP contribution in [0.4, 0.5) is 0 Å². The second kappa shape index (κ2) is 4.56. The molecule has 75 valence electrons. The zero-order valence-corrected chi connectivity index (χ0v) is 9.22. The van der Waals surface area contributed by atoms with E-state index < -0.39 is 0 Å². The van der Waals surface area contributed by atoms with E-state index in [-0.39, 0.29) is 0 Å². The Balaban J connectivity index is 2.22. The molecule has 1 nitrogen and oxygen atoms in total. The van der Waals surface area contributed by atoms with E-state index in [1.54, 1.807) is 30.3 Å². The lowest BCUT2D eigenvalue weighted by Crippen LogP contribution is -1.83. The molecule has 2 aromatic rings. The summed E-state index contributed by atoms with van der Waals surface area (Å²) in [6.45, 7) is 0. The highest BCUT2D eigenvalue weighted by atomic mass is 35.5. The van der Waals surface area contributed by atoms with Crippen LogP contribution in [0.15, 0.2) is 42.5 Å². The Hall–Kier alpha value is -1.18. The second-order valence-corrected chi connectivity index (χ2v) is 3.73. The van der Waals surface area contributed by atoms with Crippen LogP contribution in [0.2, 0.25) is 10.0 Å². The quantitative estimate of drug-likeness (QED) is 0.743. The van der Waals surface area contributed by atoms with Gasteiger partial charge in [0.25, 0.3) is 0 Å². The molecule has 0 heterocycles. The van der Waals surface area contributed by atoms with Crippen LogP contribution in [0.1, 0.15) is 0 Å². The van der Waals surface area contributed by atoms with Gasteiger partial charge in [-0.15, -0.1) is 0 Å². The van der Waals surface area contributed by atoms with Crippen molar-refractivity contribution in [2.24, 2.45) is 0 Å². The number of hydrogen-bond acceptors (Lipinski definition) is 1. The number of ether oxygens (including phenoxy) is 1. The first-order valence-electron chi connectivity index (χ1n) is 4.35. The molecule has 0 aliphatic carbocycles. The Kier molecular flexibility index (Phi) is 3.14. The smallest absolute Gasteiger partial charge is 0.129 e. The van der Waals surface area contributed by atoms with Crippen LogP contribution in [0.25, 0.3) is 0 Å². The fourth-order valence-electron chi connectivity index (χ4n) is 1.12. The van der Waals surface area contributed by atoms with Crippen molar-refractivity contribution in [2.75, 3.05) is 0 Å². The minimum Gasteiger partial charge on any atom is -0.457 e. The van der Waals surface area contributed by atoms with Gasteiger partial charge in [-0.2, -0.15) is 0 Å². The van der Waals surface area contributed by atoms with E-state index in [0.29, 0.717) is 15.8 Å². The molecule has 0 fully saturated rings. The molecule has 15 heavy (non-hydrogen) atoms. The molecule has 0 bridgehead atoms. The van der Waals surface area contributed by atoms with Crippen molar-refractivity contribution in [3.05, 3.63) is 58.6 Å². The SMILES string of the molecule is Clc1ccc(Oc2cc[c]cc2)cc1Cl. The Morgan fingerprint density at radius 1 is 0.867 bits per heavy atom. The molecule has 0 aromatic heterocycles. The van der Waals surface area contributed by atoms with Gasteiger partial charge in [0, 0.05) is 6.07 Å². The van der Waals surface area contributed by atoms with Crippen molar-refractivity contribution >= 4 is 23.2 Å². The minimum atomic E-state index is 0.483. The van der Waals surface area contributed by atoms with E-state index in [9.17, 15) is 0 Å². The molecule has 0 unspecified atom stereocenters. The molecule has 3 heteroatoms. The van der Waals surface area contributed by atoms with Gasteiger partial charge in [-0.3, -0.25) is 0 Å². The van der Waals surface area contributed by atoms with Crippen molar-refractivity contribution in [3.8, 4) is 11.5 Å². The third kappa shape index (κ3) is 2.65. The lowest BCUT2D eigenvalue weighted by atomic mass is 10.3. The zero-order chi connectivity index (χ0) is 10.7. The summed E-state index contributed by atoms with van der Waals surface area (Å²) in [5, 5.41) is 1.00. The standard InChI is InChI=1S/C12H7Cl2O/c13-11-7-6-10(8-12(11)14)15-9-4-2-1-3-5-9/h2-8H. The molecule has 0 atom stereocenters. The summed E-state index contributed by atoms with van der Waals surface area (Å²) in [7, 11) is 0. The normalized spacial score (nSPS) is 10.0. The van der Waals surface area contributed by atoms with Crippen molar-refractivity contribution in [3.63, 3.8) is 0 Å². The van der Waals surface area contributed by atoms with E-state index in [1.165, 1.54) is 0 Å². The van der Waals surface area contributed by atoms with Crippen LogP contribution in [0.5, 0.6) is 11.5 Å². The van der Waals surface area contributed by atoms with Crippen molar-refractivity contribution in [1.29, 1.82) is 0 Å². The molecular formula is C12H7Cl2O. The molecule has 0 saturated carbocycles. The van der Waals surface area contributed by atoms with Crippen molar-refractivity contribution < 1.29 is 4.74 Å². The summed E-state index contributed by atoms with van der Waals surface area (Å²) in [5.74, 6) is 1.41. The van der Waals surface area contributed by atoms with Crippen LogP contribution >= 0.6 is 23.2 Å². The molecule has 0 aliphatic heterocycles. The Morgan fingerprint density at radius 3 is 2.27 bits per heavy atom. The van der Waals surface area contributed by atoms with Crippen molar-refractivity contribution in [2.45, 2.75) is 0 Å². The molecule has 1 radical (unpaired) electrons. The molecule has 0 saturated heterocycles. The van der Waals surface area contributed by atoms with Gasteiger partial charge in [-0.25, -0.2) is 0 Å². The van der Waals surface area contributed by atoms with E-state index in [4.69, 9.17) is 27.9 Å². The molecule has 2 aromatic carbocycles. The van der Waals surface area contributed by atoms with Crippen LogP contribution in [-0.2, 0) is 0 Å². The Labute approximate surface area is 98.2 Å². The summed E-state index contributed by atoms with van der Waals surface area (Å²) < 4.78 is 5.55. The lowest BCUT2D eigenvalue weighted by molar-refractivity contribution is 0.483. The second-order valence-electron chi connectivity index (χ2n) is 2.91. The number of rotatable bonds is 2. The van der Waals surface area contributed by atoms with Gasteiger partial charge in [0.15, 0.2) is 0 Å². The molecule has 0 spiro atoms. The first-order valence-corrected chi connectivity index (χ1v) is 5.10. The number of benzene rings is 2. The molecule has 2 rings (SSSR count). The monoisotopic (exact) mass is 237 g/mol. The molecular weight excluding hydrogens is 231 g/mol. The first-order chi connectivity index (χ1) is 7.25. The highest BCUT2D eigenvalue weighted by Crippen LogP contribution is 2.29. The summed E-state index contributed by atoms with van der Waals surface area (Å²) >= 11 is 11.7. The maximum Gasteiger partial charge on any atom is 0.129 e. The topological polar surface area (TPSA) is 9.23 Å². The van der Waals surface area contributed by atoms with Gasteiger partial charge in [-0.05, 0) is 30.3 Å². The van der Waals surface area contributed by atoms with Crippen LogP contribution in [-0.4, -0.2) is 0 Å². The van der Waals surface area contributed by atoms with Gasteiger partial charge in [-0.1, -0.05) is 35.3 Å². The summed E-state index contributed by atoms with van der Waals surface area (Å²) in [6, 6.07) is 15.3. The largest absolute Gasteiger partial charge is 0.457 e. The Morgan fingerprint density at radius 2 is 1.60 bits per heavy atom. The van der Waals surface area contributed by atoms with Crippen LogP contribution in [0.3, 0.4) is 0 Å². The van der Waals surface area contributed by atoms with Crippen LogP contribution < -0.4 is 4.74 Å². The molecule has 0 aliphatic rings. The van der Waals surface area contributed by atoms with E-state index in [1.807, 2.05) is 12.1 Å². The zero-order valence-electron chi connectivity index (χ0n) is 7.71. The molecule has 0 N–H and O–H groups in total. The maximum absolute atomic E-state index is 5.86. The van der Waals surface area contributed by atoms with Gasteiger partial charge < -0.3 is 4.74 Å². The maximum atomic E-state index is 5.86. The lowest BCUT2D eigenvalue weighted by Gasteiger charge is -2.05. The van der Waals surface area contributed by atoms with Gasteiger partial charge >= 0.3 is 0 Å². The number of halogens is 2. The third-order valence-electron chi connectivity index (χ3n) is 1.81. The average molecular weight is 238 g/mol. The van der Waals surface area contributed by atoms with Crippen molar-refractivity contribution in [1.82, 2.24) is 0 Å². The Bertz CT molecular complexity index is 454. The third-order valence-corrected chi connectivity index (χ3v) is 2.55. The van der Waals surface area contributed by atoms with Gasteiger partial charge in [0.05, 0.1) is 10.0 Å². The average Bonchev–Trinajstić information content (AvgIpc) is 2.25. The summed E-state index contributed by atoms with van der Waals surface area (Å²) in [5.41, 5.74) is 0.